The molecule has 0 aliphatic heterocycles. The third-order valence-electron chi connectivity index (χ3n) is 4.70. The van der Waals surface area contributed by atoms with E-state index in [9.17, 15) is 17.6 Å². The first-order chi connectivity index (χ1) is 14.7. The van der Waals surface area contributed by atoms with Gasteiger partial charge in [0.1, 0.15) is 21.3 Å². The molecule has 2 aromatic carbocycles. The maximum Gasteiger partial charge on any atom is 0.265 e. The highest BCUT2D eigenvalue weighted by Gasteiger charge is 2.29. The zero-order valence-corrected chi connectivity index (χ0v) is 19.0. The monoisotopic (exact) mass is 462 g/mol. The number of halogens is 1. The molecule has 0 saturated heterocycles. The highest BCUT2D eigenvalue weighted by Crippen LogP contribution is 2.29. The van der Waals surface area contributed by atoms with Gasteiger partial charge in [-0.25, -0.2) is 12.8 Å². The molecule has 0 saturated carbocycles. The van der Waals surface area contributed by atoms with Gasteiger partial charge >= 0.3 is 0 Å². The second-order valence-electron chi connectivity index (χ2n) is 6.76. The Labute approximate surface area is 185 Å². The minimum atomic E-state index is -3.96. The lowest BCUT2D eigenvalue weighted by atomic mass is 10.1. The fraction of sp³-hybridized carbons (Fsp3) is 0.227. The number of carbonyl (C=O) groups is 1. The lowest BCUT2D eigenvalue weighted by Gasteiger charge is -2.20. The summed E-state index contributed by atoms with van der Waals surface area (Å²) in [5, 5.41) is 4.35. The van der Waals surface area contributed by atoms with E-state index in [4.69, 9.17) is 4.74 Å². The topological polar surface area (TPSA) is 75.7 Å². The molecule has 164 valence electrons. The van der Waals surface area contributed by atoms with Gasteiger partial charge in [0.05, 0.1) is 18.3 Å². The molecule has 9 heteroatoms. The number of sulfonamides is 1. The SMILES string of the molecule is CCOc1ccc(N(C)S(=O)(=O)c2ccsc2C(=O)NC(C)c2ccc(F)cc2)cc1. The first-order valence-corrected chi connectivity index (χ1v) is 11.9. The predicted octanol–water partition coefficient (Wildman–Crippen LogP) is 4.60. The highest BCUT2D eigenvalue weighted by atomic mass is 32.2. The van der Waals surface area contributed by atoms with Gasteiger partial charge in [-0.05, 0) is 67.3 Å². The van der Waals surface area contributed by atoms with Crippen LogP contribution in [-0.4, -0.2) is 28.0 Å². The third-order valence-corrected chi connectivity index (χ3v) is 7.57. The first-order valence-electron chi connectivity index (χ1n) is 9.59. The Morgan fingerprint density at radius 2 is 1.77 bits per heavy atom. The quantitative estimate of drug-likeness (QED) is 0.531. The normalized spacial score (nSPS) is 12.3. The van der Waals surface area contributed by atoms with Gasteiger partial charge in [-0.2, -0.15) is 0 Å². The van der Waals surface area contributed by atoms with Crippen LogP contribution in [0.1, 0.15) is 35.1 Å². The second-order valence-corrected chi connectivity index (χ2v) is 9.61. The zero-order valence-electron chi connectivity index (χ0n) is 17.3. The smallest absolute Gasteiger partial charge is 0.265 e. The number of thiophene rings is 1. The van der Waals surface area contributed by atoms with Gasteiger partial charge in [0.2, 0.25) is 0 Å². The number of benzene rings is 2. The maximum absolute atomic E-state index is 13.2. The molecular weight excluding hydrogens is 439 g/mol. The molecule has 0 spiro atoms. The Morgan fingerprint density at radius 1 is 1.13 bits per heavy atom. The van der Waals surface area contributed by atoms with Crippen LogP contribution in [0.2, 0.25) is 0 Å². The summed E-state index contributed by atoms with van der Waals surface area (Å²) in [5.41, 5.74) is 1.16. The van der Waals surface area contributed by atoms with Crippen molar-refractivity contribution < 1.29 is 22.3 Å². The molecule has 0 bridgehead atoms. The van der Waals surface area contributed by atoms with Crippen molar-refractivity contribution in [1.29, 1.82) is 0 Å². The first kappa shape index (κ1) is 22.8. The lowest BCUT2D eigenvalue weighted by molar-refractivity contribution is 0.0941. The molecule has 1 heterocycles. The Bertz CT molecular complexity index is 1140. The molecule has 1 aromatic heterocycles. The molecule has 6 nitrogen and oxygen atoms in total. The molecule has 0 fully saturated rings. The molecule has 0 aliphatic carbocycles. The number of hydrogen-bond donors (Lipinski definition) is 1. The number of carbonyl (C=O) groups excluding carboxylic acids is 1. The fourth-order valence-electron chi connectivity index (χ4n) is 2.97. The summed E-state index contributed by atoms with van der Waals surface area (Å²) >= 11 is 1.05. The summed E-state index contributed by atoms with van der Waals surface area (Å²) < 4.78 is 46.1. The van der Waals surface area contributed by atoms with Crippen LogP contribution in [0.5, 0.6) is 5.75 Å². The summed E-state index contributed by atoms with van der Waals surface area (Å²) in [6, 6.07) is 13.4. The Morgan fingerprint density at radius 3 is 2.39 bits per heavy atom. The van der Waals surface area contributed by atoms with Crippen molar-refractivity contribution in [3.05, 3.63) is 76.2 Å². The number of hydrogen-bond acceptors (Lipinski definition) is 5. The molecule has 1 unspecified atom stereocenters. The van der Waals surface area contributed by atoms with Crippen LogP contribution in [-0.2, 0) is 10.0 Å². The zero-order chi connectivity index (χ0) is 22.6. The minimum absolute atomic E-state index is 0.0716. The molecule has 1 N–H and O–H groups in total. The van der Waals surface area contributed by atoms with Gasteiger partial charge in [0.15, 0.2) is 0 Å². The highest BCUT2D eigenvalue weighted by molar-refractivity contribution is 7.93. The molecule has 3 rings (SSSR count). The average Bonchev–Trinajstić information content (AvgIpc) is 3.25. The van der Waals surface area contributed by atoms with E-state index < -0.39 is 22.0 Å². The van der Waals surface area contributed by atoms with Gasteiger partial charge < -0.3 is 10.1 Å². The number of anilines is 1. The van der Waals surface area contributed by atoms with Crippen LogP contribution in [0.3, 0.4) is 0 Å². The molecule has 1 atom stereocenters. The third kappa shape index (κ3) is 5.05. The molecule has 0 aliphatic rings. The number of nitrogens with one attached hydrogen (secondary N) is 1. The van der Waals surface area contributed by atoms with Crippen molar-refractivity contribution in [2.75, 3.05) is 18.0 Å². The van der Waals surface area contributed by atoms with Crippen molar-refractivity contribution >= 4 is 33.0 Å². The van der Waals surface area contributed by atoms with Crippen LogP contribution in [0.4, 0.5) is 10.1 Å². The van der Waals surface area contributed by atoms with Crippen LogP contribution in [0, 0.1) is 5.82 Å². The standard InChI is InChI=1S/C22H23FN2O4S2/c1-4-29-19-11-9-18(10-12-19)25(3)31(27,28)20-13-14-30-21(20)22(26)24-15(2)16-5-7-17(23)8-6-16/h5-15H,4H2,1-3H3,(H,24,26). The van der Waals surface area contributed by atoms with Crippen molar-refractivity contribution in [1.82, 2.24) is 5.32 Å². The molecule has 31 heavy (non-hydrogen) atoms. The number of rotatable bonds is 8. The van der Waals surface area contributed by atoms with Gasteiger partial charge in [-0.15, -0.1) is 11.3 Å². The van der Waals surface area contributed by atoms with E-state index in [-0.39, 0.29) is 15.6 Å². The Hall–Kier alpha value is -2.91. The second kappa shape index (κ2) is 9.49. The molecular formula is C22H23FN2O4S2. The van der Waals surface area contributed by atoms with Crippen LogP contribution in [0.25, 0.3) is 0 Å². The van der Waals surface area contributed by atoms with E-state index in [1.807, 2.05) is 6.92 Å². The summed E-state index contributed by atoms with van der Waals surface area (Å²) in [6.45, 7) is 4.13. The minimum Gasteiger partial charge on any atom is -0.494 e. The number of amides is 1. The summed E-state index contributed by atoms with van der Waals surface area (Å²) in [4.78, 5) is 12.8. The number of ether oxygens (including phenoxy) is 1. The van der Waals surface area contributed by atoms with Crippen molar-refractivity contribution in [3.8, 4) is 5.75 Å². The lowest BCUT2D eigenvalue weighted by Crippen LogP contribution is -2.30. The maximum atomic E-state index is 13.2. The average molecular weight is 463 g/mol. The number of nitrogens with zero attached hydrogens (tertiary/aromatic N) is 1. The predicted molar refractivity (Wildman–Crippen MR) is 120 cm³/mol. The van der Waals surface area contributed by atoms with E-state index >= 15 is 0 Å². The molecule has 0 radical (unpaired) electrons. The van der Waals surface area contributed by atoms with Gasteiger partial charge in [-0.1, -0.05) is 12.1 Å². The van der Waals surface area contributed by atoms with E-state index in [0.29, 0.717) is 23.6 Å². The van der Waals surface area contributed by atoms with Gasteiger partial charge in [-0.3, -0.25) is 9.10 Å². The van der Waals surface area contributed by atoms with E-state index in [1.54, 1.807) is 48.7 Å². The van der Waals surface area contributed by atoms with E-state index in [2.05, 4.69) is 5.32 Å². The summed E-state index contributed by atoms with van der Waals surface area (Å²) in [5.74, 6) is -0.237. The fourth-order valence-corrected chi connectivity index (χ4v) is 5.47. The van der Waals surface area contributed by atoms with Crippen LogP contribution in [0.15, 0.2) is 64.9 Å². The van der Waals surface area contributed by atoms with Gasteiger partial charge in [0.25, 0.3) is 15.9 Å². The van der Waals surface area contributed by atoms with Crippen molar-refractivity contribution in [3.63, 3.8) is 0 Å². The molecule has 3 aromatic rings. The Balaban J connectivity index is 1.81. The summed E-state index contributed by atoms with van der Waals surface area (Å²) in [7, 11) is -2.53. The molecule has 1 amide bonds. The Kier molecular flexibility index (Phi) is 6.97. The summed E-state index contributed by atoms with van der Waals surface area (Å²) in [6.07, 6.45) is 0. The van der Waals surface area contributed by atoms with Crippen LogP contribution < -0.4 is 14.4 Å². The van der Waals surface area contributed by atoms with Crippen molar-refractivity contribution in [2.24, 2.45) is 0 Å². The largest absolute Gasteiger partial charge is 0.494 e. The van der Waals surface area contributed by atoms with E-state index in [1.165, 1.54) is 25.2 Å². The van der Waals surface area contributed by atoms with Gasteiger partial charge in [0, 0.05) is 7.05 Å². The van der Waals surface area contributed by atoms with Crippen LogP contribution >= 0.6 is 11.3 Å². The van der Waals surface area contributed by atoms with Crippen molar-refractivity contribution in [2.45, 2.75) is 24.8 Å². The van der Waals surface area contributed by atoms with E-state index in [0.717, 1.165) is 15.6 Å².